The number of nitrogens with one attached hydrogen (secondary N) is 2. The maximum atomic E-state index is 13.4. The standard InChI is InChI=1S/C25H24F6N2O4/c1-23(37,22(36)33-13-25(29,30)31)21(35)32-12-19-18-9-5-4-8-17(18)16-7-3-2-6-14(16)10-15(20(19)34)11-24(26,27)28/h2-9,15,19,37H,10-13H2,1H3,(H,32,35)(H,33,36)/t15?,19-,23-/m0/s1. The minimum absolute atomic E-state index is 0.204. The molecule has 12 heteroatoms. The first-order valence-electron chi connectivity index (χ1n) is 11.2. The van der Waals surface area contributed by atoms with E-state index in [1.165, 1.54) is 11.4 Å². The average Bonchev–Trinajstić information content (AvgIpc) is 2.80. The van der Waals surface area contributed by atoms with Crippen LogP contribution in [0.1, 0.15) is 30.4 Å². The predicted molar refractivity (Wildman–Crippen MR) is 120 cm³/mol. The zero-order valence-corrected chi connectivity index (χ0v) is 19.5. The highest BCUT2D eigenvalue weighted by Gasteiger charge is 2.43. The zero-order chi connectivity index (χ0) is 27.6. The number of ketones is 1. The molecule has 37 heavy (non-hydrogen) atoms. The lowest BCUT2D eigenvalue weighted by atomic mass is 9.75. The fourth-order valence-corrected chi connectivity index (χ4v) is 4.30. The molecule has 0 aromatic heterocycles. The molecule has 1 aliphatic carbocycles. The summed E-state index contributed by atoms with van der Waals surface area (Å²) in [6.45, 7) is -1.71. The van der Waals surface area contributed by atoms with Crippen molar-refractivity contribution in [3.05, 3.63) is 59.7 Å². The van der Waals surface area contributed by atoms with Gasteiger partial charge in [0.1, 0.15) is 12.3 Å². The van der Waals surface area contributed by atoms with Crippen LogP contribution in [0.4, 0.5) is 26.3 Å². The lowest BCUT2D eigenvalue weighted by molar-refractivity contribution is -0.158. The van der Waals surface area contributed by atoms with Gasteiger partial charge in [-0.3, -0.25) is 14.4 Å². The number of halogens is 6. The first-order chi connectivity index (χ1) is 17.1. The van der Waals surface area contributed by atoms with Crippen molar-refractivity contribution in [3.8, 4) is 11.1 Å². The number of carbonyl (C=O) groups is 3. The number of amides is 2. The van der Waals surface area contributed by atoms with Crippen LogP contribution in [0.5, 0.6) is 0 Å². The highest BCUT2D eigenvalue weighted by molar-refractivity contribution is 6.08. The molecule has 2 aromatic rings. The molecule has 1 aliphatic rings. The Hall–Kier alpha value is -3.41. The molecule has 2 amide bonds. The van der Waals surface area contributed by atoms with Crippen molar-refractivity contribution in [2.45, 2.75) is 43.6 Å². The Bertz CT molecular complexity index is 1180. The summed E-state index contributed by atoms with van der Waals surface area (Å²) >= 11 is 0. The van der Waals surface area contributed by atoms with Crippen LogP contribution in [0, 0.1) is 5.92 Å². The number of hydrogen-bond donors (Lipinski definition) is 3. The van der Waals surface area contributed by atoms with Crippen LogP contribution in [-0.4, -0.2) is 53.7 Å². The molecule has 0 saturated carbocycles. The lowest BCUT2D eigenvalue weighted by Crippen LogP contribution is -2.57. The van der Waals surface area contributed by atoms with Gasteiger partial charge in [-0.05, 0) is 35.6 Å². The van der Waals surface area contributed by atoms with Crippen molar-refractivity contribution in [1.29, 1.82) is 0 Å². The van der Waals surface area contributed by atoms with Gasteiger partial charge < -0.3 is 15.7 Å². The van der Waals surface area contributed by atoms with Gasteiger partial charge in [-0.25, -0.2) is 0 Å². The second-order valence-electron chi connectivity index (χ2n) is 9.00. The fraction of sp³-hybridized carbons (Fsp3) is 0.400. The van der Waals surface area contributed by atoms with Crippen molar-refractivity contribution >= 4 is 17.6 Å². The summed E-state index contributed by atoms with van der Waals surface area (Å²) in [5.74, 6) is -6.61. The van der Waals surface area contributed by atoms with Crippen LogP contribution < -0.4 is 10.6 Å². The molecule has 0 aliphatic heterocycles. The van der Waals surface area contributed by atoms with E-state index in [1.807, 2.05) is 0 Å². The smallest absolute Gasteiger partial charge is 0.372 e. The second-order valence-corrected chi connectivity index (χ2v) is 9.00. The topological polar surface area (TPSA) is 95.5 Å². The average molecular weight is 530 g/mol. The maximum Gasteiger partial charge on any atom is 0.405 e. The van der Waals surface area contributed by atoms with Crippen molar-refractivity contribution in [1.82, 2.24) is 10.6 Å². The van der Waals surface area contributed by atoms with Gasteiger partial charge >= 0.3 is 12.4 Å². The molecule has 200 valence electrons. The molecule has 0 heterocycles. The highest BCUT2D eigenvalue weighted by Crippen LogP contribution is 2.40. The fourth-order valence-electron chi connectivity index (χ4n) is 4.30. The largest absolute Gasteiger partial charge is 0.405 e. The van der Waals surface area contributed by atoms with E-state index in [0.29, 0.717) is 29.2 Å². The molecule has 3 N–H and O–H groups in total. The van der Waals surface area contributed by atoms with E-state index < -0.39 is 66.9 Å². The Morgan fingerprint density at radius 1 is 0.892 bits per heavy atom. The third kappa shape index (κ3) is 6.88. The van der Waals surface area contributed by atoms with Crippen molar-refractivity contribution < 1.29 is 45.8 Å². The van der Waals surface area contributed by atoms with E-state index in [0.717, 1.165) is 0 Å². The van der Waals surface area contributed by atoms with Gasteiger partial charge in [0.25, 0.3) is 11.8 Å². The molecular weight excluding hydrogens is 506 g/mol. The second kappa shape index (κ2) is 10.5. The van der Waals surface area contributed by atoms with Gasteiger partial charge in [0.2, 0.25) is 5.60 Å². The minimum atomic E-state index is -4.79. The molecule has 0 saturated heterocycles. The molecule has 3 rings (SSSR count). The molecule has 6 nitrogen and oxygen atoms in total. The summed E-state index contributed by atoms with van der Waals surface area (Å²) in [4.78, 5) is 38.0. The summed E-state index contributed by atoms with van der Waals surface area (Å²) in [6, 6.07) is 13.2. The van der Waals surface area contributed by atoms with Crippen LogP contribution in [0.25, 0.3) is 11.1 Å². The van der Waals surface area contributed by atoms with Crippen LogP contribution in [0.3, 0.4) is 0 Å². The maximum absolute atomic E-state index is 13.4. The predicted octanol–water partition coefficient (Wildman–Crippen LogP) is 3.68. The van der Waals surface area contributed by atoms with E-state index in [-0.39, 0.29) is 6.42 Å². The van der Waals surface area contributed by atoms with E-state index in [9.17, 15) is 45.8 Å². The number of aliphatic hydroxyl groups is 1. The van der Waals surface area contributed by atoms with Crippen LogP contribution in [-0.2, 0) is 20.8 Å². The van der Waals surface area contributed by atoms with Crippen molar-refractivity contribution in [2.75, 3.05) is 13.1 Å². The van der Waals surface area contributed by atoms with Gasteiger partial charge in [-0.15, -0.1) is 0 Å². The quantitative estimate of drug-likeness (QED) is 0.393. The summed E-state index contributed by atoms with van der Waals surface area (Å²) in [5.41, 5.74) is -0.885. The normalized spacial score (nSPS) is 19.5. The number of fused-ring (bicyclic) bond motifs is 3. The molecule has 0 fully saturated rings. The lowest BCUT2D eigenvalue weighted by Gasteiger charge is -2.30. The molecule has 2 aromatic carbocycles. The first-order valence-corrected chi connectivity index (χ1v) is 11.2. The summed E-state index contributed by atoms with van der Waals surface area (Å²) in [7, 11) is 0. The number of benzene rings is 2. The monoisotopic (exact) mass is 530 g/mol. The van der Waals surface area contributed by atoms with Crippen molar-refractivity contribution in [3.63, 3.8) is 0 Å². The van der Waals surface area contributed by atoms with Gasteiger partial charge in [-0.2, -0.15) is 26.3 Å². The Labute approximate surface area is 208 Å². The van der Waals surface area contributed by atoms with Gasteiger partial charge in [-0.1, -0.05) is 48.5 Å². The van der Waals surface area contributed by atoms with E-state index in [1.54, 1.807) is 42.5 Å². The molecule has 0 bridgehead atoms. The summed E-state index contributed by atoms with van der Waals surface area (Å²) < 4.78 is 77.3. The van der Waals surface area contributed by atoms with Crippen LogP contribution in [0.15, 0.2) is 48.5 Å². The van der Waals surface area contributed by atoms with Crippen LogP contribution in [0.2, 0.25) is 0 Å². The van der Waals surface area contributed by atoms with Gasteiger partial charge in [0.05, 0.1) is 12.3 Å². The summed E-state index contributed by atoms with van der Waals surface area (Å²) in [5, 5.41) is 13.8. The zero-order valence-electron chi connectivity index (χ0n) is 19.5. The first kappa shape index (κ1) is 28.2. The molecule has 3 atom stereocenters. The number of carbonyl (C=O) groups excluding carboxylic acids is 3. The SMILES string of the molecule is C[C@](O)(C(=O)NC[C@@H]1C(=O)C(CC(F)(F)F)Cc2ccccc2-c2ccccc21)C(=O)NCC(F)(F)F. The molecular formula is C25H24F6N2O4. The summed E-state index contributed by atoms with van der Waals surface area (Å²) in [6.07, 6.45) is -11.0. The van der Waals surface area contributed by atoms with E-state index in [4.69, 9.17) is 0 Å². The molecule has 1 unspecified atom stereocenters. The number of Topliss-reactive ketones (excluding diaryl/α,β-unsaturated/α-hetero) is 1. The van der Waals surface area contributed by atoms with Crippen molar-refractivity contribution in [2.24, 2.45) is 5.92 Å². The minimum Gasteiger partial charge on any atom is -0.372 e. The van der Waals surface area contributed by atoms with E-state index >= 15 is 0 Å². The molecule has 0 spiro atoms. The van der Waals surface area contributed by atoms with Gasteiger partial charge in [0.15, 0.2) is 0 Å². The number of alkyl halides is 6. The van der Waals surface area contributed by atoms with Gasteiger partial charge in [0, 0.05) is 12.5 Å². The Kier molecular flexibility index (Phi) is 8.01. The third-order valence-electron chi connectivity index (χ3n) is 6.13. The molecule has 0 radical (unpaired) electrons. The number of hydrogen-bond acceptors (Lipinski definition) is 4. The Morgan fingerprint density at radius 2 is 1.46 bits per heavy atom. The number of rotatable bonds is 6. The Morgan fingerprint density at radius 3 is 2.08 bits per heavy atom. The third-order valence-corrected chi connectivity index (χ3v) is 6.13. The van der Waals surface area contributed by atoms with Crippen LogP contribution >= 0.6 is 0 Å². The Balaban J connectivity index is 1.93. The van der Waals surface area contributed by atoms with E-state index in [2.05, 4.69) is 5.32 Å². The highest BCUT2D eigenvalue weighted by atomic mass is 19.4.